The highest BCUT2D eigenvalue weighted by Gasteiger charge is 2.40. The van der Waals surface area contributed by atoms with Gasteiger partial charge in [-0.3, -0.25) is 4.79 Å². The zero-order valence-corrected chi connectivity index (χ0v) is 14.3. The van der Waals surface area contributed by atoms with Gasteiger partial charge in [0.2, 0.25) is 5.91 Å². The Balaban J connectivity index is 1.48. The van der Waals surface area contributed by atoms with Gasteiger partial charge in [0, 0.05) is 25.7 Å². The molecule has 1 heterocycles. The van der Waals surface area contributed by atoms with Gasteiger partial charge in [-0.1, -0.05) is 35.9 Å². The van der Waals surface area contributed by atoms with Crippen molar-refractivity contribution >= 4 is 17.5 Å². The number of carbonyl (C=O) groups is 2. The number of hydrogen-bond acceptors (Lipinski definition) is 2. The highest BCUT2D eigenvalue weighted by atomic mass is 16.2. The summed E-state index contributed by atoms with van der Waals surface area (Å²) in [6.45, 7) is 5.98. The van der Waals surface area contributed by atoms with Gasteiger partial charge in [0.15, 0.2) is 0 Å². The highest BCUT2D eigenvalue weighted by Crippen LogP contribution is 2.46. The van der Waals surface area contributed by atoms with E-state index in [2.05, 4.69) is 22.8 Å². The Morgan fingerprint density at radius 1 is 1.17 bits per heavy atom. The van der Waals surface area contributed by atoms with Crippen molar-refractivity contribution in [2.45, 2.75) is 32.7 Å². The number of hydrogen-bond donors (Lipinski definition) is 2. The number of carbonyl (C=O) groups excluding carboxylic acids is 2. The summed E-state index contributed by atoms with van der Waals surface area (Å²) in [6.07, 6.45) is 1.63. The minimum absolute atomic E-state index is 0.00616. The first-order chi connectivity index (χ1) is 11.6. The van der Waals surface area contributed by atoms with Crippen molar-refractivity contribution in [3.8, 4) is 0 Å². The summed E-state index contributed by atoms with van der Waals surface area (Å²) >= 11 is 0. The van der Waals surface area contributed by atoms with Crippen molar-refractivity contribution in [3.05, 3.63) is 41.5 Å². The van der Waals surface area contributed by atoms with Crippen molar-refractivity contribution in [2.24, 2.45) is 5.92 Å². The molecule has 0 saturated carbocycles. The van der Waals surface area contributed by atoms with E-state index in [1.807, 2.05) is 36.9 Å². The van der Waals surface area contributed by atoms with Gasteiger partial charge in [-0.2, -0.15) is 0 Å². The second-order valence-corrected chi connectivity index (χ2v) is 6.50. The smallest absolute Gasteiger partial charge is 0.317 e. The number of piperidine rings is 1. The fraction of sp³-hybridized carbons (Fsp3) is 0.474. The van der Waals surface area contributed by atoms with Crippen LogP contribution < -0.4 is 10.6 Å². The molecule has 3 rings (SSSR count). The summed E-state index contributed by atoms with van der Waals surface area (Å²) in [7, 11) is 0. The van der Waals surface area contributed by atoms with Gasteiger partial charge in [0.05, 0.1) is 5.92 Å². The summed E-state index contributed by atoms with van der Waals surface area (Å²) in [4.78, 5) is 26.2. The maximum Gasteiger partial charge on any atom is 0.317 e. The van der Waals surface area contributed by atoms with E-state index in [9.17, 15) is 9.59 Å². The maximum absolute atomic E-state index is 12.5. The van der Waals surface area contributed by atoms with Crippen LogP contribution in [0.5, 0.6) is 0 Å². The number of nitrogens with one attached hydrogen (secondary N) is 2. The number of benzene rings is 1. The molecule has 1 aromatic rings. The SMILES string of the molecule is CCNC(=O)N1CCC(NC(=O)C2C(C)=C2c2ccccc2)CC1. The summed E-state index contributed by atoms with van der Waals surface area (Å²) < 4.78 is 0. The van der Waals surface area contributed by atoms with Gasteiger partial charge in [0.25, 0.3) is 0 Å². The minimum atomic E-state index is -0.0752. The molecule has 5 nitrogen and oxygen atoms in total. The topological polar surface area (TPSA) is 61.4 Å². The molecule has 0 radical (unpaired) electrons. The van der Waals surface area contributed by atoms with Crippen LogP contribution in [0.25, 0.3) is 5.57 Å². The Bertz CT molecular complexity index is 646. The minimum Gasteiger partial charge on any atom is -0.352 e. The summed E-state index contributed by atoms with van der Waals surface area (Å²) in [5.74, 6) is 0.0247. The van der Waals surface area contributed by atoms with Crippen LogP contribution in [0.4, 0.5) is 4.79 Å². The average molecular weight is 327 g/mol. The van der Waals surface area contributed by atoms with E-state index < -0.39 is 0 Å². The number of urea groups is 1. The first kappa shape index (κ1) is 16.6. The summed E-state index contributed by atoms with van der Waals surface area (Å²) in [5, 5.41) is 5.99. The normalized spacial score (nSPS) is 20.8. The van der Waals surface area contributed by atoms with Gasteiger partial charge in [0.1, 0.15) is 0 Å². The molecule has 24 heavy (non-hydrogen) atoms. The van der Waals surface area contributed by atoms with Gasteiger partial charge in [-0.05, 0) is 37.8 Å². The second kappa shape index (κ2) is 7.07. The third-order valence-electron chi connectivity index (χ3n) is 4.87. The molecule has 1 aromatic carbocycles. The zero-order chi connectivity index (χ0) is 17.1. The monoisotopic (exact) mass is 327 g/mol. The van der Waals surface area contributed by atoms with E-state index in [1.54, 1.807) is 0 Å². The van der Waals surface area contributed by atoms with Crippen molar-refractivity contribution < 1.29 is 9.59 Å². The van der Waals surface area contributed by atoms with Gasteiger partial charge in [-0.25, -0.2) is 4.79 Å². The highest BCUT2D eigenvalue weighted by molar-refractivity contribution is 6.05. The molecule has 1 saturated heterocycles. The van der Waals surface area contributed by atoms with Crippen LogP contribution in [-0.4, -0.2) is 42.5 Å². The van der Waals surface area contributed by atoms with Crippen LogP contribution >= 0.6 is 0 Å². The molecule has 1 fully saturated rings. The van der Waals surface area contributed by atoms with Gasteiger partial charge < -0.3 is 15.5 Å². The first-order valence-electron chi connectivity index (χ1n) is 8.71. The molecule has 1 unspecified atom stereocenters. The molecular weight excluding hydrogens is 302 g/mol. The predicted molar refractivity (Wildman–Crippen MR) is 94.3 cm³/mol. The molecule has 2 aliphatic rings. The van der Waals surface area contributed by atoms with Crippen molar-refractivity contribution in [1.82, 2.24) is 15.5 Å². The third-order valence-corrected chi connectivity index (χ3v) is 4.87. The Labute approximate surface area is 143 Å². The van der Waals surface area contributed by atoms with Crippen molar-refractivity contribution in [2.75, 3.05) is 19.6 Å². The molecular formula is C19H25N3O2. The number of rotatable bonds is 4. The van der Waals surface area contributed by atoms with E-state index in [0.29, 0.717) is 19.6 Å². The second-order valence-electron chi connectivity index (χ2n) is 6.50. The summed E-state index contributed by atoms with van der Waals surface area (Å²) in [6, 6.07) is 10.2. The molecule has 3 amide bonds. The molecule has 1 aliphatic heterocycles. The molecule has 1 atom stereocenters. The van der Waals surface area contributed by atoms with E-state index in [0.717, 1.165) is 24.0 Å². The lowest BCUT2D eigenvalue weighted by atomic mass is 10.0. The lowest BCUT2D eigenvalue weighted by Crippen LogP contribution is -2.49. The Hall–Kier alpha value is -2.30. The maximum atomic E-state index is 12.5. The van der Waals surface area contributed by atoms with Crippen LogP contribution in [0.2, 0.25) is 0 Å². The fourth-order valence-electron chi connectivity index (χ4n) is 3.44. The zero-order valence-electron chi connectivity index (χ0n) is 14.3. The van der Waals surface area contributed by atoms with Crippen molar-refractivity contribution in [3.63, 3.8) is 0 Å². The van der Waals surface area contributed by atoms with Crippen LogP contribution in [0.1, 0.15) is 32.3 Å². The molecule has 5 heteroatoms. The number of nitrogens with zero attached hydrogens (tertiary/aromatic N) is 1. The first-order valence-corrected chi connectivity index (χ1v) is 8.71. The van der Waals surface area contributed by atoms with E-state index >= 15 is 0 Å². The number of amides is 3. The fourth-order valence-corrected chi connectivity index (χ4v) is 3.44. The van der Waals surface area contributed by atoms with Crippen molar-refractivity contribution in [1.29, 1.82) is 0 Å². The molecule has 0 aromatic heterocycles. The Morgan fingerprint density at radius 2 is 1.83 bits per heavy atom. The lowest BCUT2D eigenvalue weighted by Gasteiger charge is -2.32. The average Bonchev–Trinajstić information content (AvgIpc) is 3.28. The third kappa shape index (κ3) is 3.45. The molecule has 1 aliphatic carbocycles. The quantitative estimate of drug-likeness (QED) is 0.892. The van der Waals surface area contributed by atoms with E-state index in [1.165, 1.54) is 5.57 Å². The lowest BCUT2D eigenvalue weighted by molar-refractivity contribution is -0.122. The van der Waals surface area contributed by atoms with Crippen LogP contribution in [-0.2, 0) is 4.79 Å². The van der Waals surface area contributed by atoms with Crippen LogP contribution in [0, 0.1) is 5.92 Å². The standard InChI is InChI=1S/C19H25N3O2/c1-3-20-19(24)22-11-9-15(10-12-22)21-18(23)17-13(2)16(17)14-7-5-4-6-8-14/h4-8,15,17H,3,9-12H2,1-2H3,(H,20,24)(H,21,23). The predicted octanol–water partition coefficient (Wildman–Crippen LogP) is 2.40. The van der Waals surface area contributed by atoms with E-state index in [-0.39, 0.29) is 23.9 Å². The largest absolute Gasteiger partial charge is 0.352 e. The molecule has 0 spiro atoms. The Morgan fingerprint density at radius 3 is 2.46 bits per heavy atom. The Kier molecular flexibility index (Phi) is 4.88. The van der Waals surface area contributed by atoms with Crippen LogP contribution in [0.3, 0.4) is 0 Å². The molecule has 128 valence electrons. The summed E-state index contributed by atoms with van der Waals surface area (Å²) in [5.41, 5.74) is 3.47. The van der Waals surface area contributed by atoms with Crippen LogP contribution in [0.15, 0.2) is 35.9 Å². The van der Waals surface area contributed by atoms with Gasteiger partial charge >= 0.3 is 6.03 Å². The van der Waals surface area contributed by atoms with E-state index in [4.69, 9.17) is 0 Å². The molecule has 0 bridgehead atoms. The molecule has 2 N–H and O–H groups in total. The van der Waals surface area contributed by atoms with Gasteiger partial charge in [-0.15, -0.1) is 0 Å². The number of likely N-dealkylation sites (tertiary alicyclic amines) is 1.